The Balaban J connectivity index is 1.54. The number of aliphatic carboxylic acids is 3. The van der Waals surface area contributed by atoms with Crippen LogP contribution in [0.4, 0.5) is 0 Å². The van der Waals surface area contributed by atoms with Crippen LogP contribution in [0.5, 0.6) is 5.75 Å². The molecule has 0 saturated heterocycles. The number of aliphatic hydroxyl groups is 1. The number of aromatic carboxylic acids is 1. The molecule has 0 bridgehead atoms. The lowest BCUT2D eigenvalue weighted by Crippen LogP contribution is -2.61. The van der Waals surface area contributed by atoms with Crippen molar-refractivity contribution in [2.45, 2.75) is 166 Å². The van der Waals surface area contributed by atoms with Gasteiger partial charge in [0.2, 0.25) is 35.4 Å². The fourth-order valence-electron chi connectivity index (χ4n) is 9.86. The van der Waals surface area contributed by atoms with Crippen molar-refractivity contribution < 1.29 is 83.0 Å². The Morgan fingerprint density at radius 3 is 1.80 bits per heavy atom. The maximum Gasteiger partial charge on any atom is 0.341 e. The molecule has 27 heteroatoms. The molecule has 8 atom stereocenters. The van der Waals surface area contributed by atoms with Crippen molar-refractivity contribution in [3.63, 3.8) is 0 Å². The Morgan fingerprint density at radius 2 is 1.19 bits per heavy atom. The number of carbonyl (C=O) groups excluding carboxylic acids is 7. The standard InChI is InChI=1S/C64H89N9O17S/c1-38(2)29-49(40(4)74)70-62(86)52(32-44-34-67-47-16-13-12-15-46(44)47)72-63(87)53(33-56(78)79)73-61(85)51(31-41-18-22-43(23-19-41)64(88)89)71-60(84)50(30-42-20-24-45(25-21-42)90-35-57(80)81)68-54(75)37-91-36-39(3)58(82)69-48(26-27-65)59(83)66-28-14-10-8-6-5-7-9-11-17-55(76)77/h12-13,15-16,18-25,34,38-39,48-53,61,67,73,85H,5-11,14,17,26-33,35-37,65H2,1-4H3,(H,66,83)(H,68,75)(H,69,82)(H,70,86)(H,71,84)(H,72,87)(H,76,77)(H,78,79)(H,80,81)(H,88,89)/t39-,48-,49-,50-,51-,52-,53-,61?/m0/s1. The SMILES string of the molecule is CC(=O)[C@H](CC(C)C)NC(=O)[C@H](Cc1c[nH]c2ccccc12)NC(=O)[C@H](CC(=O)O)NC(O)[C@H](Cc1ccc(C(=O)O)cc1)NC(=O)[C@H](Cc1ccc(OCC(=O)O)cc1)NC(=O)CSC[C@H](C)C(=O)N[C@@H](CCN)C(=O)NCCCCCCCCCCC(=O)O. The zero-order valence-electron chi connectivity index (χ0n) is 52.0. The van der Waals surface area contributed by atoms with Gasteiger partial charge in [0.25, 0.3) is 0 Å². The van der Waals surface area contributed by atoms with Crippen molar-refractivity contribution in [1.82, 2.24) is 42.2 Å². The van der Waals surface area contributed by atoms with Gasteiger partial charge >= 0.3 is 23.9 Å². The van der Waals surface area contributed by atoms with Gasteiger partial charge in [-0.2, -0.15) is 11.8 Å². The molecule has 498 valence electrons. The smallest absolute Gasteiger partial charge is 0.341 e. The molecule has 3 aromatic carbocycles. The lowest BCUT2D eigenvalue weighted by Gasteiger charge is -2.31. The highest BCUT2D eigenvalue weighted by molar-refractivity contribution is 7.99. The molecule has 1 heterocycles. The maximum absolute atomic E-state index is 14.7. The van der Waals surface area contributed by atoms with Gasteiger partial charge in [0.05, 0.1) is 35.9 Å². The second kappa shape index (κ2) is 39.7. The number of Topliss-reactive ketones (excluding diaryl/α,β-unsaturated/α-hetero) is 1. The first-order valence-electron chi connectivity index (χ1n) is 30.6. The summed E-state index contributed by atoms with van der Waals surface area (Å²) < 4.78 is 5.26. The molecule has 26 nitrogen and oxygen atoms in total. The highest BCUT2D eigenvalue weighted by atomic mass is 32.2. The summed E-state index contributed by atoms with van der Waals surface area (Å²) in [5.74, 6) is -10.0. The zero-order valence-corrected chi connectivity index (χ0v) is 52.8. The predicted molar refractivity (Wildman–Crippen MR) is 340 cm³/mol. The summed E-state index contributed by atoms with van der Waals surface area (Å²) in [5.41, 5.74) is 7.84. The van der Waals surface area contributed by atoms with Crippen molar-refractivity contribution in [3.8, 4) is 5.75 Å². The summed E-state index contributed by atoms with van der Waals surface area (Å²) in [6, 6.07) is 10.6. The van der Waals surface area contributed by atoms with Crippen LogP contribution in [0, 0.1) is 11.8 Å². The average Bonchev–Trinajstić information content (AvgIpc) is 1.89. The van der Waals surface area contributed by atoms with E-state index < -0.39 is 115 Å². The number of aromatic amines is 1. The van der Waals surface area contributed by atoms with Crippen LogP contribution in [0.25, 0.3) is 10.9 Å². The summed E-state index contributed by atoms with van der Waals surface area (Å²) in [5, 5.41) is 69.5. The molecule has 0 aliphatic heterocycles. The molecule has 0 aliphatic rings. The number of fused-ring (bicyclic) bond motifs is 1. The Labute approximate surface area is 533 Å². The van der Waals surface area contributed by atoms with Crippen LogP contribution in [-0.2, 0) is 67.2 Å². The van der Waals surface area contributed by atoms with E-state index in [1.54, 1.807) is 31.3 Å². The van der Waals surface area contributed by atoms with Gasteiger partial charge in [-0.1, -0.05) is 102 Å². The number of carboxylic acids is 4. The third kappa shape index (κ3) is 28.1. The number of para-hydroxylation sites is 1. The number of ketones is 1. The number of aromatic nitrogens is 1. The molecular weight excluding hydrogens is 1200 g/mol. The molecule has 0 radical (unpaired) electrons. The quantitative estimate of drug-likeness (QED) is 0.0222. The van der Waals surface area contributed by atoms with Gasteiger partial charge < -0.3 is 72.9 Å². The minimum atomic E-state index is -1.98. The lowest BCUT2D eigenvalue weighted by atomic mass is 9.99. The van der Waals surface area contributed by atoms with Crippen molar-refractivity contribution in [2.75, 3.05) is 31.2 Å². The summed E-state index contributed by atoms with van der Waals surface area (Å²) in [6.07, 6.45) is 5.78. The number of nitrogens with two attached hydrogens (primary N) is 1. The molecule has 1 aromatic heterocycles. The third-order valence-electron chi connectivity index (χ3n) is 14.8. The van der Waals surface area contributed by atoms with Crippen LogP contribution in [0.3, 0.4) is 0 Å². The molecule has 91 heavy (non-hydrogen) atoms. The van der Waals surface area contributed by atoms with Gasteiger partial charge in [-0.15, -0.1) is 0 Å². The number of hydrogen-bond donors (Lipinski definition) is 14. The second-order valence-electron chi connectivity index (χ2n) is 23.0. The molecule has 0 fully saturated rings. The fourth-order valence-corrected chi connectivity index (χ4v) is 10.7. The number of H-pyrrole nitrogens is 1. The van der Waals surface area contributed by atoms with Gasteiger partial charge in [0.1, 0.15) is 30.1 Å². The largest absolute Gasteiger partial charge is 0.482 e. The molecular formula is C64H89N9O17S. The maximum atomic E-state index is 14.7. The molecule has 0 saturated carbocycles. The Morgan fingerprint density at radius 1 is 0.604 bits per heavy atom. The highest BCUT2D eigenvalue weighted by Gasteiger charge is 2.35. The first-order valence-corrected chi connectivity index (χ1v) is 31.7. The number of hydrogen-bond acceptors (Lipinski definition) is 16. The number of amides is 6. The fraction of sp³-hybridized carbons (Fsp3) is 0.516. The summed E-state index contributed by atoms with van der Waals surface area (Å²) >= 11 is 1.06. The lowest BCUT2D eigenvalue weighted by molar-refractivity contribution is -0.141. The molecule has 1 unspecified atom stereocenters. The number of ether oxygens (including phenoxy) is 1. The highest BCUT2D eigenvalue weighted by Crippen LogP contribution is 2.21. The van der Waals surface area contributed by atoms with Crippen molar-refractivity contribution >= 4 is 87.8 Å². The van der Waals surface area contributed by atoms with Crippen LogP contribution < -0.4 is 47.7 Å². The van der Waals surface area contributed by atoms with Gasteiger partial charge in [-0.3, -0.25) is 48.5 Å². The molecule has 6 amide bonds. The van der Waals surface area contributed by atoms with Crippen molar-refractivity contribution in [2.24, 2.45) is 17.6 Å². The number of thioether (sulfide) groups is 1. The summed E-state index contributed by atoms with van der Waals surface area (Å²) in [6.45, 7) is 6.54. The van der Waals surface area contributed by atoms with E-state index in [1.807, 2.05) is 19.9 Å². The van der Waals surface area contributed by atoms with E-state index in [-0.39, 0.29) is 85.5 Å². The number of nitrogens with one attached hydrogen (secondary N) is 8. The number of carboxylic acid groups (broad SMARTS) is 4. The predicted octanol–water partition coefficient (Wildman–Crippen LogP) is 3.60. The average molecular weight is 1290 g/mol. The van der Waals surface area contributed by atoms with E-state index in [4.69, 9.17) is 20.7 Å². The van der Waals surface area contributed by atoms with E-state index in [1.165, 1.54) is 55.5 Å². The number of carbonyl (C=O) groups is 11. The third-order valence-corrected chi connectivity index (χ3v) is 16.0. The Bertz CT molecular complexity index is 3050. The summed E-state index contributed by atoms with van der Waals surface area (Å²) in [7, 11) is 0. The van der Waals surface area contributed by atoms with E-state index in [0.717, 1.165) is 67.6 Å². The van der Waals surface area contributed by atoms with Crippen LogP contribution in [0.15, 0.2) is 79.0 Å². The normalized spacial score (nSPS) is 13.9. The van der Waals surface area contributed by atoms with Crippen LogP contribution in [0.2, 0.25) is 0 Å². The molecule has 4 rings (SSSR count). The monoisotopic (exact) mass is 1290 g/mol. The van der Waals surface area contributed by atoms with E-state index in [2.05, 4.69) is 42.2 Å². The van der Waals surface area contributed by atoms with Crippen molar-refractivity contribution in [1.29, 1.82) is 0 Å². The topological polar surface area (TPSA) is 424 Å². The van der Waals surface area contributed by atoms with Gasteiger partial charge in [-0.05, 0) is 98.5 Å². The van der Waals surface area contributed by atoms with E-state index >= 15 is 0 Å². The van der Waals surface area contributed by atoms with E-state index in [9.17, 15) is 68.1 Å². The van der Waals surface area contributed by atoms with Crippen molar-refractivity contribution in [3.05, 3.63) is 101 Å². The van der Waals surface area contributed by atoms with Crippen LogP contribution >= 0.6 is 11.8 Å². The van der Waals surface area contributed by atoms with E-state index in [0.29, 0.717) is 29.7 Å². The molecule has 0 spiro atoms. The Kier molecular flexibility index (Phi) is 32.7. The number of benzene rings is 3. The number of rotatable bonds is 45. The van der Waals surface area contributed by atoms with Crippen LogP contribution in [0.1, 0.15) is 132 Å². The van der Waals surface area contributed by atoms with Crippen LogP contribution in [-0.4, -0.2) is 169 Å². The number of aliphatic hydroxyl groups excluding tert-OH is 1. The molecule has 4 aromatic rings. The minimum Gasteiger partial charge on any atom is -0.482 e. The van der Waals surface area contributed by atoms with Gasteiger partial charge in [-0.25, -0.2) is 9.59 Å². The van der Waals surface area contributed by atoms with Gasteiger partial charge in [0, 0.05) is 54.6 Å². The minimum absolute atomic E-state index is 0.0141. The first kappa shape index (κ1) is 75.1. The second-order valence-corrected chi connectivity index (χ2v) is 24.0. The first-order chi connectivity index (χ1) is 43.3. The number of unbranched alkanes of at least 4 members (excludes halogenated alkanes) is 7. The summed E-state index contributed by atoms with van der Waals surface area (Å²) in [4.78, 5) is 146. The zero-order chi connectivity index (χ0) is 67.0. The van der Waals surface area contributed by atoms with Gasteiger partial charge in [0.15, 0.2) is 12.4 Å². The Hall–Kier alpha value is -8.40. The molecule has 0 aliphatic carbocycles. The molecule has 15 N–H and O–H groups in total.